The number of carbonyl (C=O) groups is 1. The van der Waals surface area contributed by atoms with E-state index in [1.54, 1.807) is 12.4 Å². The summed E-state index contributed by atoms with van der Waals surface area (Å²) in [6.07, 6.45) is 4.40. The minimum absolute atomic E-state index is 0.0809. The number of amides is 1. The number of aromatic nitrogens is 4. The molecular formula is C19H19N5OS2. The van der Waals surface area contributed by atoms with Crippen LogP contribution in [0.4, 0.5) is 5.69 Å². The lowest BCUT2D eigenvalue weighted by Crippen LogP contribution is -2.33. The van der Waals surface area contributed by atoms with E-state index in [1.807, 2.05) is 47.0 Å². The molecule has 1 unspecified atom stereocenters. The Morgan fingerprint density at radius 2 is 2.11 bits per heavy atom. The summed E-state index contributed by atoms with van der Waals surface area (Å²) in [5.74, 6) is 1.07. The smallest absolute Gasteiger partial charge is 0.237 e. The largest absolute Gasteiger partial charge is 0.311 e. The summed E-state index contributed by atoms with van der Waals surface area (Å²) in [6, 6.07) is 11.9. The molecule has 4 rings (SSSR count). The lowest BCUT2D eigenvalue weighted by Gasteiger charge is -2.22. The van der Waals surface area contributed by atoms with Crippen LogP contribution in [0, 0.1) is 0 Å². The number of anilines is 1. The number of nitrogens with one attached hydrogen (secondary N) is 1. The van der Waals surface area contributed by atoms with E-state index in [0.717, 1.165) is 24.2 Å². The van der Waals surface area contributed by atoms with Gasteiger partial charge in [0.15, 0.2) is 5.82 Å². The summed E-state index contributed by atoms with van der Waals surface area (Å²) in [5, 5.41) is 8.20. The lowest BCUT2D eigenvalue weighted by atomic mass is 10.2. The zero-order valence-electron chi connectivity index (χ0n) is 14.8. The SMILES string of the molecule is CC1CCN(C(=O)CSc2n[nH]c(-c3ccncc3)n2)c2ccccc2S1. The van der Waals surface area contributed by atoms with Gasteiger partial charge in [0.05, 0.1) is 11.4 Å². The summed E-state index contributed by atoms with van der Waals surface area (Å²) in [6.45, 7) is 2.94. The molecule has 8 heteroatoms. The van der Waals surface area contributed by atoms with E-state index >= 15 is 0 Å². The summed E-state index contributed by atoms with van der Waals surface area (Å²) in [5.41, 5.74) is 1.92. The number of pyridine rings is 1. The number of fused-ring (bicyclic) bond motifs is 1. The quantitative estimate of drug-likeness (QED) is 0.674. The maximum absolute atomic E-state index is 12.9. The van der Waals surface area contributed by atoms with E-state index in [4.69, 9.17) is 0 Å². The molecule has 1 aliphatic rings. The van der Waals surface area contributed by atoms with Gasteiger partial charge in [0.25, 0.3) is 0 Å². The van der Waals surface area contributed by atoms with E-state index < -0.39 is 0 Å². The maximum Gasteiger partial charge on any atom is 0.237 e. The van der Waals surface area contributed by atoms with Gasteiger partial charge in [0.2, 0.25) is 11.1 Å². The van der Waals surface area contributed by atoms with Gasteiger partial charge in [-0.1, -0.05) is 30.8 Å². The van der Waals surface area contributed by atoms with E-state index in [1.165, 1.54) is 16.7 Å². The first-order valence-corrected chi connectivity index (χ1v) is 10.6. The van der Waals surface area contributed by atoms with Gasteiger partial charge in [0.1, 0.15) is 0 Å². The third-order valence-electron chi connectivity index (χ3n) is 4.29. The van der Waals surface area contributed by atoms with Gasteiger partial charge in [0, 0.05) is 34.6 Å². The molecule has 6 nitrogen and oxygen atoms in total. The fourth-order valence-corrected chi connectivity index (χ4v) is 4.69. The second kappa shape index (κ2) is 8.14. The second-order valence-corrected chi connectivity index (χ2v) is 8.64. The molecule has 1 N–H and O–H groups in total. The fourth-order valence-electron chi connectivity index (χ4n) is 2.90. The van der Waals surface area contributed by atoms with E-state index in [-0.39, 0.29) is 5.91 Å². The summed E-state index contributed by atoms with van der Waals surface area (Å²) < 4.78 is 0. The molecule has 0 saturated carbocycles. The Hall–Kier alpha value is -2.32. The van der Waals surface area contributed by atoms with Crippen molar-refractivity contribution in [3.8, 4) is 11.4 Å². The van der Waals surface area contributed by atoms with Crippen molar-refractivity contribution in [2.24, 2.45) is 0 Å². The van der Waals surface area contributed by atoms with Crippen molar-refractivity contribution >= 4 is 35.1 Å². The highest BCUT2D eigenvalue weighted by Gasteiger charge is 2.24. The predicted molar refractivity (Wildman–Crippen MR) is 109 cm³/mol. The molecule has 0 bridgehead atoms. The van der Waals surface area contributed by atoms with Crippen LogP contribution in [0.25, 0.3) is 11.4 Å². The number of benzene rings is 1. The van der Waals surface area contributed by atoms with Gasteiger partial charge in [-0.05, 0) is 30.7 Å². The van der Waals surface area contributed by atoms with E-state index in [2.05, 4.69) is 33.2 Å². The molecular weight excluding hydrogens is 378 g/mol. The van der Waals surface area contributed by atoms with Gasteiger partial charge in [-0.2, -0.15) is 0 Å². The molecule has 1 aliphatic heterocycles. The number of H-pyrrole nitrogens is 1. The summed E-state index contributed by atoms with van der Waals surface area (Å²) in [7, 11) is 0. The standard InChI is InChI=1S/C19H19N5OS2/c1-13-8-11-24(15-4-2-3-5-16(15)27-13)17(25)12-26-19-21-18(22-23-19)14-6-9-20-10-7-14/h2-7,9-10,13H,8,11-12H2,1H3,(H,21,22,23). The topological polar surface area (TPSA) is 74.8 Å². The van der Waals surface area contributed by atoms with Gasteiger partial charge in [-0.25, -0.2) is 4.98 Å². The molecule has 0 saturated heterocycles. The molecule has 1 aromatic carbocycles. The first-order valence-electron chi connectivity index (χ1n) is 8.72. The molecule has 0 fully saturated rings. The number of rotatable bonds is 4. The highest BCUT2D eigenvalue weighted by molar-refractivity contribution is 8.00. The molecule has 1 amide bonds. The highest BCUT2D eigenvalue weighted by Crippen LogP contribution is 2.37. The Labute approximate surface area is 166 Å². The Balaban J connectivity index is 1.45. The zero-order valence-corrected chi connectivity index (χ0v) is 16.5. The number of hydrogen-bond acceptors (Lipinski definition) is 6. The third kappa shape index (κ3) is 4.17. The molecule has 0 aliphatic carbocycles. The average Bonchev–Trinajstić information content (AvgIpc) is 3.10. The van der Waals surface area contributed by atoms with Crippen LogP contribution in [0.3, 0.4) is 0 Å². The lowest BCUT2D eigenvalue weighted by molar-refractivity contribution is -0.116. The summed E-state index contributed by atoms with van der Waals surface area (Å²) >= 11 is 3.19. The fraction of sp³-hybridized carbons (Fsp3) is 0.263. The maximum atomic E-state index is 12.9. The van der Waals surface area contributed by atoms with Crippen molar-refractivity contribution in [2.45, 2.75) is 28.6 Å². The number of nitrogens with zero attached hydrogens (tertiary/aromatic N) is 4. The number of hydrogen-bond donors (Lipinski definition) is 1. The van der Waals surface area contributed by atoms with Gasteiger partial charge < -0.3 is 4.90 Å². The van der Waals surface area contributed by atoms with Crippen LogP contribution >= 0.6 is 23.5 Å². The Bertz CT molecular complexity index is 931. The van der Waals surface area contributed by atoms with Gasteiger partial charge in [-0.3, -0.25) is 14.9 Å². The number of para-hydroxylation sites is 1. The van der Waals surface area contributed by atoms with Crippen molar-refractivity contribution < 1.29 is 4.79 Å². The molecule has 0 spiro atoms. The van der Waals surface area contributed by atoms with Crippen molar-refractivity contribution in [3.63, 3.8) is 0 Å². The molecule has 3 heterocycles. The van der Waals surface area contributed by atoms with Crippen LogP contribution in [0.5, 0.6) is 0 Å². The Morgan fingerprint density at radius 3 is 2.96 bits per heavy atom. The summed E-state index contributed by atoms with van der Waals surface area (Å²) in [4.78, 5) is 24.4. The number of aromatic amines is 1. The minimum atomic E-state index is 0.0809. The second-order valence-electron chi connectivity index (χ2n) is 6.22. The van der Waals surface area contributed by atoms with Gasteiger partial charge >= 0.3 is 0 Å². The molecule has 2 aromatic heterocycles. The van der Waals surface area contributed by atoms with Crippen LogP contribution in [-0.2, 0) is 4.79 Å². The minimum Gasteiger partial charge on any atom is -0.311 e. The van der Waals surface area contributed by atoms with Crippen LogP contribution < -0.4 is 4.90 Å². The Morgan fingerprint density at radius 1 is 1.30 bits per heavy atom. The van der Waals surface area contributed by atoms with E-state index in [0.29, 0.717) is 22.0 Å². The highest BCUT2D eigenvalue weighted by atomic mass is 32.2. The Kier molecular flexibility index (Phi) is 5.45. The average molecular weight is 398 g/mol. The normalized spacial score (nSPS) is 16.6. The van der Waals surface area contributed by atoms with Crippen molar-refractivity contribution in [2.75, 3.05) is 17.2 Å². The number of carbonyl (C=O) groups excluding carboxylic acids is 1. The first-order chi connectivity index (χ1) is 13.2. The van der Waals surface area contributed by atoms with Crippen LogP contribution in [0.15, 0.2) is 58.8 Å². The van der Waals surface area contributed by atoms with Crippen molar-refractivity contribution in [1.29, 1.82) is 0 Å². The number of thioether (sulfide) groups is 2. The zero-order chi connectivity index (χ0) is 18.6. The molecule has 1 atom stereocenters. The van der Waals surface area contributed by atoms with Crippen LogP contribution in [-0.4, -0.2) is 43.6 Å². The van der Waals surface area contributed by atoms with Gasteiger partial charge in [-0.15, -0.1) is 16.9 Å². The predicted octanol–water partition coefficient (Wildman–Crippen LogP) is 3.88. The monoisotopic (exact) mass is 397 g/mol. The van der Waals surface area contributed by atoms with Crippen molar-refractivity contribution in [3.05, 3.63) is 48.8 Å². The molecule has 0 radical (unpaired) electrons. The molecule has 27 heavy (non-hydrogen) atoms. The molecule has 3 aromatic rings. The van der Waals surface area contributed by atoms with Crippen LogP contribution in [0.1, 0.15) is 13.3 Å². The molecule has 138 valence electrons. The van der Waals surface area contributed by atoms with Crippen molar-refractivity contribution in [1.82, 2.24) is 20.2 Å². The third-order valence-corrected chi connectivity index (χ3v) is 6.36. The van der Waals surface area contributed by atoms with E-state index in [9.17, 15) is 4.79 Å². The first kappa shape index (κ1) is 18.1. The van der Waals surface area contributed by atoms with Crippen LogP contribution in [0.2, 0.25) is 0 Å².